The Balaban J connectivity index is 1.20. The molecule has 36 heavy (non-hydrogen) atoms. The zero-order chi connectivity index (χ0) is 25.2. The summed E-state index contributed by atoms with van der Waals surface area (Å²) in [5.74, 6) is 1.96. The highest BCUT2D eigenvalue weighted by Crippen LogP contribution is 2.28. The maximum Gasteiger partial charge on any atom is 0.228 e. The molecule has 2 amide bonds. The summed E-state index contributed by atoms with van der Waals surface area (Å²) in [7, 11) is 0. The van der Waals surface area contributed by atoms with Crippen LogP contribution in [0, 0.1) is 19.8 Å². The molecule has 0 bridgehead atoms. The lowest BCUT2D eigenvalue weighted by atomic mass is 10.1. The van der Waals surface area contributed by atoms with Crippen LogP contribution < -0.4 is 15.1 Å². The van der Waals surface area contributed by atoms with Crippen LogP contribution in [0.1, 0.15) is 17.8 Å². The minimum absolute atomic E-state index is 0.0284. The van der Waals surface area contributed by atoms with Gasteiger partial charge in [0.05, 0.1) is 5.92 Å². The van der Waals surface area contributed by atoms with Crippen LogP contribution in [0.5, 0.6) is 0 Å². The summed E-state index contributed by atoms with van der Waals surface area (Å²) >= 11 is 5.97. The first-order chi connectivity index (χ1) is 17.4. The topological polar surface area (TPSA) is 81.7 Å². The number of carbonyl (C=O) groups is 2. The second kappa shape index (κ2) is 10.1. The number of hydrogen-bond acceptors (Lipinski definition) is 6. The predicted octanol–water partition coefficient (Wildman–Crippen LogP) is 4.19. The number of aryl methyl sites for hydroxylation is 2. The molecule has 1 unspecified atom stereocenters. The molecule has 5 rings (SSSR count). The number of rotatable bonds is 5. The molecule has 9 heteroatoms. The monoisotopic (exact) mass is 504 g/mol. The molecule has 2 saturated heterocycles. The maximum absolute atomic E-state index is 13.2. The molecule has 3 aromatic rings. The molecule has 1 atom stereocenters. The molecule has 0 aliphatic carbocycles. The molecule has 2 fully saturated rings. The lowest BCUT2D eigenvalue weighted by molar-refractivity contribution is -0.136. The van der Waals surface area contributed by atoms with E-state index in [0.717, 1.165) is 23.0 Å². The standard InChI is InChI=1S/C27H29ClN6O2/c1-18-3-7-22(8-4-18)31-24-16-25(30-19(2)29-24)32-11-13-33(14-12-32)27(36)20-15-26(35)34(17-20)23-9-5-21(28)6-10-23/h3-10,16,20H,11-15,17H2,1-2H3,(H,29,30,31). The highest BCUT2D eigenvalue weighted by atomic mass is 35.5. The van der Waals surface area contributed by atoms with Gasteiger partial charge in [0.2, 0.25) is 11.8 Å². The summed E-state index contributed by atoms with van der Waals surface area (Å²) in [4.78, 5) is 40.7. The van der Waals surface area contributed by atoms with Crippen molar-refractivity contribution in [2.24, 2.45) is 5.92 Å². The van der Waals surface area contributed by atoms with E-state index in [-0.39, 0.29) is 24.2 Å². The fourth-order valence-electron chi connectivity index (χ4n) is 4.72. The third-order valence-corrected chi connectivity index (χ3v) is 6.93. The average Bonchev–Trinajstić information content (AvgIpc) is 3.27. The predicted molar refractivity (Wildman–Crippen MR) is 142 cm³/mol. The van der Waals surface area contributed by atoms with Gasteiger partial charge in [0.15, 0.2) is 0 Å². The molecule has 1 N–H and O–H groups in total. The van der Waals surface area contributed by atoms with E-state index < -0.39 is 0 Å². The Bertz CT molecular complexity index is 1260. The van der Waals surface area contributed by atoms with E-state index in [9.17, 15) is 9.59 Å². The van der Waals surface area contributed by atoms with Crippen LogP contribution >= 0.6 is 11.6 Å². The Hall–Kier alpha value is -3.65. The van der Waals surface area contributed by atoms with Crippen molar-refractivity contribution in [3.05, 3.63) is 71.0 Å². The zero-order valence-corrected chi connectivity index (χ0v) is 21.2. The second-order valence-corrected chi connectivity index (χ2v) is 9.78. The summed E-state index contributed by atoms with van der Waals surface area (Å²) < 4.78 is 0. The summed E-state index contributed by atoms with van der Waals surface area (Å²) in [6.07, 6.45) is 0.237. The van der Waals surface area contributed by atoms with Crippen LogP contribution in [0.3, 0.4) is 0 Å². The van der Waals surface area contributed by atoms with Crippen LogP contribution in [-0.2, 0) is 9.59 Å². The molecular weight excluding hydrogens is 476 g/mol. The van der Waals surface area contributed by atoms with Gasteiger partial charge in [0, 0.05) is 61.6 Å². The molecule has 2 aliphatic heterocycles. The minimum atomic E-state index is -0.327. The Labute approximate surface area is 215 Å². The molecule has 2 aliphatic rings. The van der Waals surface area contributed by atoms with Crippen LogP contribution in [0.25, 0.3) is 0 Å². The summed E-state index contributed by atoms with van der Waals surface area (Å²) in [6, 6.07) is 17.3. The van der Waals surface area contributed by atoms with Gasteiger partial charge >= 0.3 is 0 Å². The normalized spacial score (nSPS) is 18.0. The summed E-state index contributed by atoms with van der Waals surface area (Å²) in [6.45, 7) is 6.87. The maximum atomic E-state index is 13.2. The van der Waals surface area contributed by atoms with Crippen LogP contribution in [0.15, 0.2) is 54.6 Å². The van der Waals surface area contributed by atoms with Gasteiger partial charge in [-0.3, -0.25) is 9.59 Å². The molecular formula is C27H29ClN6O2. The molecule has 0 saturated carbocycles. The molecule has 8 nitrogen and oxygen atoms in total. The third-order valence-electron chi connectivity index (χ3n) is 6.68. The number of halogens is 1. The molecule has 0 spiro atoms. The van der Waals surface area contributed by atoms with Crippen molar-refractivity contribution < 1.29 is 9.59 Å². The number of anilines is 4. The number of aromatic nitrogens is 2. The lowest BCUT2D eigenvalue weighted by Crippen LogP contribution is -2.51. The van der Waals surface area contributed by atoms with Gasteiger partial charge in [-0.15, -0.1) is 0 Å². The minimum Gasteiger partial charge on any atom is -0.353 e. The Morgan fingerprint density at radius 1 is 0.972 bits per heavy atom. The number of amides is 2. The first-order valence-electron chi connectivity index (χ1n) is 12.1. The molecule has 3 heterocycles. The molecule has 1 aromatic heterocycles. The van der Waals surface area contributed by atoms with Gasteiger partial charge in [-0.1, -0.05) is 29.3 Å². The quantitative estimate of drug-likeness (QED) is 0.561. The fraction of sp³-hybridized carbons (Fsp3) is 0.333. The third kappa shape index (κ3) is 5.28. The zero-order valence-electron chi connectivity index (χ0n) is 20.4. The highest BCUT2D eigenvalue weighted by Gasteiger charge is 2.38. The van der Waals surface area contributed by atoms with E-state index in [1.54, 1.807) is 17.0 Å². The number of carbonyl (C=O) groups excluding carboxylic acids is 2. The number of benzene rings is 2. The van der Waals surface area contributed by atoms with E-state index in [1.165, 1.54) is 5.56 Å². The molecule has 186 valence electrons. The van der Waals surface area contributed by atoms with Gasteiger partial charge in [0.25, 0.3) is 0 Å². The Morgan fingerprint density at radius 3 is 2.36 bits per heavy atom. The largest absolute Gasteiger partial charge is 0.353 e. The first kappa shape index (κ1) is 24.1. The Kier molecular flexibility index (Phi) is 6.78. The smallest absolute Gasteiger partial charge is 0.228 e. The van der Waals surface area contributed by atoms with E-state index in [0.29, 0.717) is 43.6 Å². The number of piperazine rings is 1. The van der Waals surface area contributed by atoms with Crippen molar-refractivity contribution in [1.82, 2.24) is 14.9 Å². The van der Waals surface area contributed by atoms with Crippen molar-refractivity contribution in [2.45, 2.75) is 20.3 Å². The highest BCUT2D eigenvalue weighted by molar-refractivity contribution is 6.30. The van der Waals surface area contributed by atoms with E-state index in [2.05, 4.69) is 39.2 Å². The van der Waals surface area contributed by atoms with Crippen LogP contribution in [0.4, 0.5) is 23.0 Å². The number of hydrogen-bond donors (Lipinski definition) is 1. The van der Waals surface area contributed by atoms with Crippen molar-refractivity contribution in [3.8, 4) is 0 Å². The van der Waals surface area contributed by atoms with E-state index in [1.807, 2.05) is 42.2 Å². The van der Waals surface area contributed by atoms with Crippen LogP contribution in [-0.4, -0.2) is 59.4 Å². The lowest BCUT2D eigenvalue weighted by Gasteiger charge is -2.36. The van der Waals surface area contributed by atoms with Gasteiger partial charge in [0.1, 0.15) is 17.5 Å². The van der Waals surface area contributed by atoms with E-state index in [4.69, 9.17) is 11.6 Å². The van der Waals surface area contributed by atoms with Crippen molar-refractivity contribution in [2.75, 3.05) is 47.8 Å². The second-order valence-electron chi connectivity index (χ2n) is 9.34. The average molecular weight is 505 g/mol. The first-order valence-corrected chi connectivity index (χ1v) is 12.5. The van der Waals surface area contributed by atoms with E-state index >= 15 is 0 Å². The van der Waals surface area contributed by atoms with Crippen LogP contribution in [0.2, 0.25) is 5.02 Å². The van der Waals surface area contributed by atoms with Crippen molar-refractivity contribution >= 4 is 46.4 Å². The summed E-state index contributed by atoms with van der Waals surface area (Å²) in [5.41, 5.74) is 2.95. The molecule has 0 radical (unpaired) electrons. The van der Waals surface area contributed by atoms with Crippen molar-refractivity contribution in [1.29, 1.82) is 0 Å². The molecule has 2 aromatic carbocycles. The number of nitrogens with one attached hydrogen (secondary N) is 1. The van der Waals surface area contributed by atoms with Crippen molar-refractivity contribution in [3.63, 3.8) is 0 Å². The van der Waals surface area contributed by atoms with Gasteiger partial charge in [-0.25, -0.2) is 9.97 Å². The Morgan fingerprint density at radius 2 is 1.67 bits per heavy atom. The summed E-state index contributed by atoms with van der Waals surface area (Å²) in [5, 5.41) is 3.97. The fourth-order valence-corrected chi connectivity index (χ4v) is 4.85. The van der Waals surface area contributed by atoms with Gasteiger partial charge in [-0.05, 0) is 50.2 Å². The SMILES string of the molecule is Cc1ccc(Nc2cc(N3CCN(C(=O)C4CC(=O)N(c5ccc(Cl)cc5)C4)CC3)nc(C)n2)cc1. The number of nitrogens with zero attached hydrogens (tertiary/aromatic N) is 5. The van der Waals surface area contributed by atoms with Gasteiger partial charge in [-0.2, -0.15) is 0 Å². The van der Waals surface area contributed by atoms with Gasteiger partial charge < -0.3 is 20.0 Å².